The Morgan fingerprint density at radius 2 is 1.00 bits per heavy atom. The minimum Gasteiger partial charge on any atom is -0.481 e. The predicted octanol–water partition coefficient (Wildman–Crippen LogP) is -4.28. The summed E-state index contributed by atoms with van der Waals surface area (Å²) in [5.74, 6) is -9.32. The van der Waals surface area contributed by atoms with Crippen LogP contribution in [0, 0.1) is 0 Å². The molecule has 0 rings (SSSR count). The lowest BCUT2D eigenvalue weighted by atomic mass is 10.1. The molecule has 0 spiro atoms. The summed E-state index contributed by atoms with van der Waals surface area (Å²) in [4.78, 5) is 92.8. The lowest BCUT2D eigenvalue weighted by molar-refractivity contribution is -0.147. The molecule has 0 bridgehead atoms. The van der Waals surface area contributed by atoms with Gasteiger partial charge in [-0.25, -0.2) is 4.79 Å². The summed E-state index contributed by atoms with van der Waals surface area (Å²) in [5, 5.41) is 33.1. The van der Waals surface area contributed by atoms with E-state index in [1.54, 1.807) is 0 Å². The van der Waals surface area contributed by atoms with Crippen molar-refractivity contribution >= 4 is 47.4 Å². The monoisotopic (exact) mass is 518 g/mol. The van der Waals surface area contributed by atoms with Crippen LogP contribution in [-0.4, -0.2) is 86.9 Å². The second-order valence-electron chi connectivity index (χ2n) is 7.67. The third-order valence-corrected chi connectivity index (χ3v) is 4.62. The minimum atomic E-state index is -1.87. The molecule has 202 valence electrons. The molecule has 12 N–H and O–H groups in total. The van der Waals surface area contributed by atoms with Crippen LogP contribution in [0.1, 0.15) is 44.9 Å². The van der Waals surface area contributed by atoms with Crippen molar-refractivity contribution in [2.75, 3.05) is 0 Å². The zero-order chi connectivity index (χ0) is 28.0. The van der Waals surface area contributed by atoms with E-state index in [2.05, 4.69) is 10.6 Å². The minimum absolute atomic E-state index is 0.168. The summed E-state index contributed by atoms with van der Waals surface area (Å²) in [6, 6.07) is -6.28. The van der Waals surface area contributed by atoms with Crippen molar-refractivity contribution in [2.45, 2.75) is 69.1 Å². The van der Waals surface area contributed by atoms with Crippen LogP contribution in [0.3, 0.4) is 0 Å². The highest BCUT2D eigenvalue weighted by atomic mass is 16.4. The van der Waals surface area contributed by atoms with Gasteiger partial charge < -0.3 is 48.5 Å². The van der Waals surface area contributed by atoms with E-state index in [0.29, 0.717) is 0 Å². The number of primary amides is 2. The molecule has 0 aromatic carbocycles. The Morgan fingerprint density at radius 1 is 0.583 bits per heavy atom. The van der Waals surface area contributed by atoms with Gasteiger partial charge in [0.1, 0.15) is 18.1 Å². The van der Waals surface area contributed by atoms with Crippen LogP contribution in [0.4, 0.5) is 0 Å². The molecular weight excluding hydrogens is 488 g/mol. The Morgan fingerprint density at radius 3 is 1.42 bits per heavy atom. The van der Waals surface area contributed by atoms with Gasteiger partial charge in [0.05, 0.1) is 12.5 Å². The number of nitrogens with one attached hydrogen (secondary N) is 3. The molecule has 0 aliphatic rings. The van der Waals surface area contributed by atoms with Gasteiger partial charge >= 0.3 is 17.9 Å². The number of amides is 5. The van der Waals surface area contributed by atoms with Gasteiger partial charge in [-0.3, -0.25) is 33.6 Å². The molecule has 0 aliphatic carbocycles. The Labute approximate surface area is 204 Å². The first-order chi connectivity index (χ1) is 16.6. The number of carboxylic acid groups (broad SMARTS) is 3. The van der Waals surface area contributed by atoms with Crippen molar-refractivity contribution in [3.8, 4) is 0 Å². The van der Waals surface area contributed by atoms with Gasteiger partial charge in [-0.2, -0.15) is 0 Å². The van der Waals surface area contributed by atoms with Crippen LogP contribution in [0.5, 0.6) is 0 Å². The van der Waals surface area contributed by atoms with Crippen LogP contribution < -0.4 is 33.2 Å². The quantitative estimate of drug-likeness (QED) is 0.0832. The number of hydrogen-bond acceptors (Lipinski definition) is 9. The molecule has 0 aromatic rings. The summed E-state index contributed by atoms with van der Waals surface area (Å²) < 4.78 is 0. The van der Waals surface area contributed by atoms with E-state index in [1.807, 2.05) is 5.32 Å². The molecular formula is C19H30N6O11. The second-order valence-corrected chi connectivity index (χ2v) is 7.67. The van der Waals surface area contributed by atoms with E-state index in [0.717, 1.165) is 0 Å². The molecule has 0 fully saturated rings. The molecule has 0 radical (unpaired) electrons. The summed E-state index contributed by atoms with van der Waals surface area (Å²) in [5.41, 5.74) is 15.7. The maximum Gasteiger partial charge on any atom is 0.326 e. The third-order valence-electron chi connectivity index (χ3n) is 4.62. The largest absolute Gasteiger partial charge is 0.481 e. The van der Waals surface area contributed by atoms with Crippen LogP contribution in [0.2, 0.25) is 0 Å². The smallest absolute Gasteiger partial charge is 0.326 e. The first kappa shape index (κ1) is 31.7. The normalized spacial score (nSPS) is 13.8. The molecule has 0 heterocycles. The van der Waals surface area contributed by atoms with Crippen LogP contribution >= 0.6 is 0 Å². The van der Waals surface area contributed by atoms with Crippen molar-refractivity contribution in [1.29, 1.82) is 0 Å². The number of hydrogen-bond donors (Lipinski definition) is 9. The average Bonchev–Trinajstić information content (AvgIpc) is 2.75. The van der Waals surface area contributed by atoms with Gasteiger partial charge in [-0.1, -0.05) is 0 Å². The van der Waals surface area contributed by atoms with Crippen molar-refractivity contribution in [1.82, 2.24) is 16.0 Å². The summed E-state index contributed by atoms with van der Waals surface area (Å²) in [6.45, 7) is 0. The molecule has 0 saturated heterocycles. The first-order valence-corrected chi connectivity index (χ1v) is 10.5. The fourth-order valence-electron chi connectivity index (χ4n) is 2.72. The maximum atomic E-state index is 12.8. The van der Waals surface area contributed by atoms with Gasteiger partial charge in [-0.15, -0.1) is 0 Å². The highest BCUT2D eigenvalue weighted by molar-refractivity contribution is 5.95. The molecule has 17 heteroatoms. The van der Waals surface area contributed by atoms with Gasteiger partial charge in [0, 0.05) is 19.3 Å². The van der Waals surface area contributed by atoms with E-state index in [9.17, 15) is 38.4 Å². The first-order valence-electron chi connectivity index (χ1n) is 10.5. The van der Waals surface area contributed by atoms with Gasteiger partial charge in [-0.05, 0) is 19.3 Å². The van der Waals surface area contributed by atoms with E-state index < -0.39 is 104 Å². The molecule has 0 aliphatic heterocycles. The van der Waals surface area contributed by atoms with E-state index >= 15 is 0 Å². The maximum absolute atomic E-state index is 12.8. The van der Waals surface area contributed by atoms with Gasteiger partial charge in [0.15, 0.2) is 0 Å². The van der Waals surface area contributed by atoms with Crippen molar-refractivity contribution in [3.63, 3.8) is 0 Å². The summed E-state index contributed by atoms with van der Waals surface area (Å²) >= 11 is 0. The van der Waals surface area contributed by atoms with Gasteiger partial charge in [0.2, 0.25) is 29.5 Å². The number of carbonyl (C=O) groups excluding carboxylic acids is 5. The zero-order valence-corrected chi connectivity index (χ0v) is 19.1. The number of rotatable bonds is 18. The fourth-order valence-corrected chi connectivity index (χ4v) is 2.72. The van der Waals surface area contributed by atoms with Crippen molar-refractivity contribution in [3.05, 3.63) is 0 Å². The molecule has 5 amide bonds. The standard InChI is InChI=1S/C19H30N6O11/c20-8(1-4-12(21)26)16(32)23-10(3-6-14(28)29)17(33)24-9(2-5-13(22)27)18(34)25-11(19(35)36)7-15(30)31/h8-11H,1-7,20H2,(H2,21,26)(H2,22,27)(H,23,32)(H,24,33)(H,25,34)(H,28,29)(H,30,31)(H,35,36). The SMILES string of the molecule is NC(=O)CCC(N)C(=O)NC(CCC(=O)O)C(=O)NC(CCC(N)=O)C(=O)NC(CC(=O)O)C(=O)O. The molecule has 0 saturated carbocycles. The van der Waals surface area contributed by atoms with Gasteiger partial charge in [0.25, 0.3) is 0 Å². The Hall–Kier alpha value is -4.28. The van der Waals surface area contributed by atoms with Crippen molar-refractivity contribution < 1.29 is 53.7 Å². The predicted molar refractivity (Wildman–Crippen MR) is 117 cm³/mol. The van der Waals surface area contributed by atoms with Crippen molar-refractivity contribution in [2.24, 2.45) is 17.2 Å². The summed E-state index contributed by atoms with van der Waals surface area (Å²) in [7, 11) is 0. The zero-order valence-electron chi connectivity index (χ0n) is 19.1. The molecule has 36 heavy (non-hydrogen) atoms. The Kier molecular flexibility index (Phi) is 13.7. The third kappa shape index (κ3) is 13.4. The number of carbonyl (C=O) groups is 8. The lowest BCUT2D eigenvalue weighted by Gasteiger charge is -2.24. The second kappa shape index (κ2) is 15.6. The highest BCUT2D eigenvalue weighted by Crippen LogP contribution is 2.05. The number of nitrogens with two attached hydrogens (primary N) is 3. The fraction of sp³-hybridized carbons (Fsp3) is 0.579. The number of aliphatic carboxylic acids is 3. The van der Waals surface area contributed by atoms with Crippen LogP contribution in [0.15, 0.2) is 0 Å². The van der Waals surface area contributed by atoms with Crippen LogP contribution in [0.25, 0.3) is 0 Å². The molecule has 0 aromatic heterocycles. The average molecular weight is 518 g/mol. The van der Waals surface area contributed by atoms with E-state index in [4.69, 9.17) is 32.5 Å². The topological polar surface area (TPSA) is 311 Å². The molecule has 4 atom stereocenters. The number of carboxylic acids is 3. The van der Waals surface area contributed by atoms with E-state index in [1.165, 1.54) is 0 Å². The molecule has 4 unspecified atom stereocenters. The van der Waals surface area contributed by atoms with E-state index in [-0.39, 0.29) is 12.8 Å². The summed E-state index contributed by atoms with van der Waals surface area (Å²) in [6.07, 6.45) is -3.31. The Bertz CT molecular complexity index is 878. The Balaban J connectivity index is 5.64. The molecule has 17 nitrogen and oxygen atoms in total. The lowest BCUT2D eigenvalue weighted by Crippen LogP contribution is -2.57. The van der Waals surface area contributed by atoms with Crippen LogP contribution in [-0.2, 0) is 38.4 Å². The highest BCUT2D eigenvalue weighted by Gasteiger charge is 2.31.